The molecule has 0 aliphatic heterocycles. The molecule has 1 N–H and O–H groups in total. The van der Waals surface area contributed by atoms with Gasteiger partial charge in [0.2, 0.25) is 0 Å². The fourth-order valence-electron chi connectivity index (χ4n) is 0.573. The van der Waals surface area contributed by atoms with E-state index >= 15 is 0 Å². The molecule has 1 aromatic heterocycles. The van der Waals surface area contributed by atoms with Crippen LogP contribution < -0.4 is 5.56 Å². The number of thioether (sulfide) groups is 1. The van der Waals surface area contributed by atoms with Crippen molar-refractivity contribution in [3.63, 3.8) is 0 Å². The summed E-state index contributed by atoms with van der Waals surface area (Å²) in [6.45, 7) is 2.01. The van der Waals surface area contributed by atoms with Crippen LogP contribution >= 0.6 is 27.7 Å². The number of nitrogens with one attached hydrogen (secondary N) is 1. The minimum absolute atomic E-state index is 0.129. The lowest BCUT2D eigenvalue weighted by Gasteiger charge is -1.95. The molecule has 0 radical (unpaired) electrons. The van der Waals surface area contributed by atoms with Gasteiger partial charge in [-0.05, 0) is 21.7 Å². The Hall–Kier alpha value is -0.290. The summed E-state index contributed by atoms with van der Waals surface area (Å²) < 4.78 is 0.470. The maximum Gasteiger partial charge on any atom is 0.265 e. The Morgan fingerprint density at radius 1 is 1.82 bits per heavy atom. The highest BCUT2D eigenvalue weighted by molar-refractivity contribution is 9.10. The van der Waals surface area contributed by atoms with Crippen LogP contribution in [-0.2, 0) is 0 Å². The highest BCUT2D eigenvalue weighted by atomic mass is 79.9. The van der Waals surface area contributed by atoms with Gasteiger partial charge >= 0.3 is 0 Å². The molecule has 1 rings (SSSR count). The van der Waals surface area contributed by atoms with Crippen molar-refractivity contribution in [1.29, 1.82) is 0 Å². The van der Waals surface area contributed by atoms with E-state index in [1.165, 1.54) is 18.0 Å². The molecule has 0 unspecified atom stereocenters. The summed E-state index contributed by atoms with van der Waals surface area (Å²) >= 11 is 4.58. The highest BCUT2D eigenvalue weighted by Crippen LogP contribution is 2.10. The van der Waals surface area contributed by atoms with Crippen molar-refractivity contribution in [2.45, 2.75) is 12.1 Å². The lowest BCUT2D eigenvalue weighted by molar-refractivity contribution is 0.927. The number of rotatable bonds is 2. The number of nitrogens with zero attached hydrogens (tertiary/aromatic N) is 1. The Morgan fingerprint density at radius 2 is 2.55 bits per heavy atom. The van der Waals surface area contributed by atoms with Crippen LogP contribution in [0.4, 0.5) is 0 Å². The molecule has 3 nitrogen and oxygen atoms in total. The van der Waals surface area contributed by atoms with Gasteiger partial charge < -0.3 is 4.98 Å². The average Bonchev–Trinajstić information content (AvgIpc) is 1.98. The Labute approximate surface area is 76.8 Å². The van der Waals surface area contributed by atoms with Gasteiger partial charge in [0.1, 0.15) is 4.47 Å². The van der Waals surface area contributed by atoms with E-state index < -0.39 is 0 Å². The molecule has 0 amide bonds. The van der Waals surface area contributed by atoms with Gasteiger partial charge in [-0.2, -0.15) is 0 Å². The Kier molecular flexibility index (Phi) is 3.14. The molecule has 0 aromatic carbocycles. The van der Waals surface area contributed by atoms with Gasteiger partial charge in [0, 0.05) is 6.20 Å². The first kappa shape index (κ1) is 8.80. The Bertz CT molecular complexity index is 299. The SMILES string of the molecule is CCSc1ncc(Br)c(=O)[nH]1. The molecular weight excluding hydrogens is 228 g/mol. The molecule has 1 aromatic rings. The van der Waals surface area contributed by atoms with Crippen LogP contribution in [0.1, 0.15) is 6.92 Å². The summed E-state index contributed by atoms with van der Waals surface area (Å²) in [6, 6.07) is 0. The van der Waals surface area contributed by atoms with Crippen LogP contribution in [0.2, 0.25) is 0 Å². The first-order valence-electron chi connectivity index (χ1n) is 3.11. The van der Waals surface area contributed by atoms with Crippen molar-refractivity contribution < 1.29 is 0 Å². The molecule has 0 atom stereocenters. The fourth-order valence-corrected chi connectivity index (χ4v) is 1.34. The minimum Gasteiger partial charge on any atom is -0.301 e. The van der Waals surface area contributed by atoms with E-state index in [2.05, 4.69) is 25.9 Å². The fraction of sp³-hybridized carbons (Fsp3) is 0.333. The first-order valence-corrected chi connectivity index (χ1v) is 4.89. The van der Waals surface area contributed by atoms with E-state index in [1.807, 2.05) is 6.92 Å². The summed E-state index contributed by atoms with van der Waals surface area (Å²) in [5.74, 6) is 0.907. The highest BCUT2D eigenvalue weighted by Gasteiger charge is 1.97. The van der Waals surface area contributed by atoms with Gasteiger partial charge in [-0.15, -0.1) is 0 Å². The average molecular weight is 235 g/mol. The number of halogens is 1. The normalized spacial score (nSPS) is 10.0. The van der Waals surface area contributed by atoms with E-state index in [0.29, 0.717) is 9.63 Å². The number of aromatic amines is 1. The third-order valence-corrected chi connectivity index (χ3v) is 2.35. The van der Waals surface area contributed by atoms with Gasteiger partial charge in [0.25, 0.3) is 5.56 Å². The zero-order valence-corrected chi connectivity index (χ0v) is 8.33. The zero-order chi connectivity index (χ0) is 8.27. The third kappa shape index (κ3) is 2.34. The summed E-state index contributed by atoms with van der Waals surface area (Å²) in [5.41, 5.74) is -0.129. The minimum atomic E-state index is -0.129. The van der Waals surface area contributed by atoms with Crippen LogP contribution in [0.15, 0.2) is 20.6 Å². The number of H-pyrrole nitrogens is 1. The molecule has 0 saturated carbocycles. The molecular formula is C6H7BrN2OS. The zero-order valence-electron chi connectivity index (χ0n) is 5.93. The van der Waals surface area contributed by atoms with E-state index in [0.717, 1.165) is 5.75 Å². The second kappa shape index (κ2) is 3.92. The summed E-state index contributed by atoms with van der Waals surface area (Å²) in [7, 11) is 0. The van der Waals surface area contributed by atoms with Crippen LogP contribution in [-0.4, -0.2) is 15.7 Å². The number of hydrogen-bond donors (Lipinski definition) is 1. The van der Waals surface area contributed by atoms with Gasteiger partial charge in [0.05, 0.1) is 0 Å². The molecule has 5 heteroatoms. The maximum atomic E-state index is 11.0. The van der Waals surface area contributed by atoms with Crippen molar-refractivity contribution in [3.8, 4) is 0 Å². The van der Waals surface area contributed by atoms with Gasteiger partial charge in [-0.25, -0.2) is 4.98 Å². The molecule has 60 valence electrons. The predicted molar refractivity (Wildman–Crippen MR) is 49.0 cm³/mol. The molecule has 0 saturated heterocycles. The molecule has 0 aliphatic rings. The Balaban J connectivity index is 2.96. The summed E-state index contributed by atoms with van der Waals surface area (Å²) in [6.07, 6.45) is 1.51. The maximum absolute atomic E-state index is 11.0. The largest absolute Gasteiger partial charge is 0.301 e. The van der Waals surface area contributed by atoms with Crippen LogP contribution in [0, 0.1) is 0 Å². The lowest BCUT2D eigenvalue weighted by atomic mass is 10.7. The molecule has 1 heterocycles. The van der Waals surface area contributed by atoms with E-state index in [9.17, 15) is 4.79 Å². The van der Waals surface area contributed by atoms with Crippen LogP contribution in [0.25, 0.3) is 0 Å². The quantitative estimate of drug-likeness (QED) is 0.626. The second-order valence-corrected chi connectivity index (χ2v) is 3.91. The smallest absolute Gasteiger partial charge is 0.265 e. The van der Waals surface area contributed by atoms with Crippen LogP contribution in [0.3, 0.4) is 0 Å². The molecule has 0 fully saturated rings. The molecule has 0 aliphatic carbocycles. The standard InChI is InChI=1S/C6H7BrN2OS/c1-2-11-6-8-3-4(7)5(10)9-6/h3H,2H2,1H3,(H,8,9,10). The van der Waals surface area contributed by atoms with Crippen molar-refractivity contribution in [2.75, 3.05) is 5.75 Å². The monoisotopic (exact) mass is 234 g/mol. The van der Waals surface area contributed by atoms with E-state index in [4.69, 9.17) is 0 Å². The van der Waals surface area contributed by atoms with E-state index in [1.54, 1.807) is 0 Å². The van der Waals surface area contributed by atoms with Crippen LogP contribution in [0.5, 0.6) is 0 Å². The predicted octanol–water partition coefficient (Wildman–Crippen LogP) is 1.64. The van der Waals surface area contributed by atoms with Crippen molar-refractivity contribution >= 4 is 27.7 Å². The third-order valence-electron chi connectivity index (χ3n) is 1.01. The summed E-state index contributed by atoms with van der Waals surface area (Å²) in [4.78, 5) is 17.6. The van der Waals surface area contributed by atoms with Gasteiger partial charge in [-0.1, -0.05) is 18.7 Å². The second-order valence-electron chi connectivity index (χ2n) is 1.80. The summed E-state index contributed by atoms with van der Waals surface area (Å²) in [5, 5.41) is 0.667. The van der Waals surface area contributed by atoms with Crippen molar-refractivity contribution in [1.82, 2.24) is 9.97 Å². The molecule has 0 bridgehead atoms. The van der Waals surface area contributed by atoms with Gasteiger partial charge in [-0.3, -0.25) is 4.79 Å². The number of hydrogen-bond acceptors (Lipinski definition) is 3. The topological polar surface area (TPSA) is 45.8 Å². The molecule has 0 spiro atoms. The Morgan fingerprint density at radius 3 is 3.09 bits per heavy atom. The van der Waals surface area contributed by atoms with Crippen molar-refractivity contribution in [2.24, 2.45) is 0 Å². The van der Waals surface area contributed by atoms with Gasteiger partial charge in [0.15, 0.2) is 5.16 Å². The van der Waals surface area contributed by atoms with E-state index in [-0.39, 0.29) is 5.56 Å². The molecule has 11 heavy (non-hydrogen) atoms. The first-order chi connectivity index (χ1) is 5.24. The van der Waals surface area contributed by atoms with Crippen molar-refractivity contribution in [3.05, 3.63) is 21.0 Å². The number of aromatic nitrogens is 2. The lowest BCUT2D eigenvalue weighted by Crippen LogP contribution is -2.08.